The molecule has 0 fully saturated rings. The summed E-state index contributed by atoms with van der Waals surface area (Å²) in [7, 11) is 0. The minimum Gasteiger partial charge on any atom is -0.394 e. The maximum absolute atomic E-state index is 9.69. The lowest BCUT2D eigenvalue weighted by Gasteiger charge is -2.34. The average Bonchev–Trinajstić information content (AvgIpc) is 2.48. The SMILES string of the molecule is CCCCN(CCCC(CC)(CO)NCC)C(C)CC. The first-order chi connectivity index (χ1) is 9.59. The first-order valence-corrected chi connectivity index (χ1v) is 8.69. The highest BCUT2D eigenvalue weighted by Gasteiger charge is 2.25. The molecular formula is C17H38N2O. The summed E-state index contributed by atoms with van der Waals surface area (Å²) in [5.41, 5.74) is -0.0688. The molecule has 0 spiro atoms. The zero-order valence-electron chi connectivity index (χ0n) is 14.5. The van der Waals surface area contributed by atoms with Crippen LogP contribution in [0.1, 0.15) is 73.1 Å². The van der Waals surface area contributed by atoms with Crippen LogP contribution in [0.2, 0.25) is 0 Å². The molecular weight excluding hydrogens is 248 g/mol. The van der Waals surface area contributed by atoms with Crippen molar-refractivity contribution >= 4 is 0 Å². The molecule has 20 heavy (non-hydrogen) atoms. The molecule has 0 amide bonds. The molecule has 0 radical (unpaired) electrons. The van der Waals surface area contributed by atoms with Gasteiger partial charge in [-0.05, 0) is 58.7 Å². The second-order valence-corrected chi connectivity index (χ2v) is 6.07. The van der Waals surface area contributed by atoms with Crippen LogP contribution in [0.25, 0.3) is 0 Å². The molecule has 0 saturated heterocycles. The minimum absolute atomic E-state index is 0.0688. The van der Waals surface area contributed by atoms with E-state index in [9.17, 15) is 5.11 Å². The zero-order valence-corrected chi connectivity index (χ0v) is 14.5. The van der Waals surface area contributed by atoms with E-state index in [4.69, 9.17) is 0 Å². The van der Waals surface area contributed by atoms with Crippen LogP contribution in [-0.2, 0) is 0 Å². The third-order valence-corrected chi connectivity index (χ3v) is 4.64. The Morgan fingerprint density at radius 3 is 2.20 bits per heavy atom. The minimum atomic E-state index is -0.0688. The van der Waals surface area contributed by atoms with Crippen LogP contribution in [0, 0.1) is 0 Å². The number of rotatable bonds is 13. The molecule has 3 nitrogen and oxygen atoms in total. The van der Waals surface area contributed by atoms with Crippen molar-refractivity contribution in [2.45, 2.75) is 84.7 Å². The molecule has 0 saturated carbocycles. The Morgan fingerprint density at radius 1 is 1.10 bits per heavy atom. The highest BCUT2D eigenvalue weighted by Crippen LogP contribution is 2.18. The number of nitrogens with one attached hydrogen (secondary N) is 1. The number of likely N-dealkylation sites (N-methyl/N-ethyl adjacent to an activating group) is 1. The summed E-state index contributed by atoms with van der Waals surface area (Å²) < 4.78 is 0. The maximum atomic E-state index is 9.69. The van der Waals surface area contributed by atoms with Gasteiger partial charge in [-0.25, -0.2) is 0 Å². The first kappa shape index (κ1) is 19.9. The fourth-order valence-electron chi connectivity index (χ4n) is 2.80. The lowest BCUT2D eigenvalue weighted by molar-refractivity contribution is 0.133. The summed E-state index contributed by atoms with van der Waals surface area (Å²) in [6.07, 6.45) is 6.99. The van der Waals surface area contributed by atoms with Crippen LogP contribution in [0.5, 0.6) is 0 Å². The van der Waals surface area contributed by atoms with E-state index in [0.29, 0.717) is 6.04 Å². The van der Waals surface area contributed by atoms with Gasteiger partial charge in [0.15, 0.2) is 0 Å². The van der Waals surface area contributed by atoms with Gasteiger partial charge in [-0.3, -0.25) is 0 Å². The van der Waals surface area contributed by atoms with Crippen molar-refractivity contribution in [2.75, 3.05) is 26.2 Å². The monoisotopic (exact) mass is 286 g/mol. The topological polar surface area (TPSA) is 35.5 Å². The van der Waals surface area contributed by atoms with Gasteiger partial charge in [-0.2, -0.15) is 0 Å². The van der Waals surface area contributed by atoms with Crippen LogP contribution in [0.15, 0.2) is 0 Å². The molecule has 3 heteroatoms. The highest BCUT2D eigenvalue weighted by molar-refractivity contribution is 4.86. The Balaban J connectivity index is 4.31. The molecule has 2 unspecified atom stereocenters. The lowest BCUT2D eigenvalue weighted by Crippen LogP contribution is -2.48. The Kier molecular flexibility index (Phi) is 11.5. The molecule has 0 heterocycles. The van der Waals surface area contributed by atoms with E-state index < -0.39 is 0 Å². The van der Waals surface area contributed by atoms with Crippen molar-refractivity contribution in [2.24, 2.45) is 0 Å². The van der Waals surface area contributed by atoms with Gasteiger partial charge in [0.1, 0.15) is 0 Å². The van der Waals surface area contributed by atoms with Crippen molar-refractivity contribution < 1.29 is 5.11 Å². The van der Waals surface area contributed by atoms with Gasteiger partial charge in [0.25, 0.3) is 0 Å². The normalized spacial score (nSPS) is 16.4. The Bertz CT molecular complexity index is 217. The second kappa shape index (κ2) is 11.5. The zero-order chi connectivity index (χ0) is 15.4. The fourth-order valence-corrected chi connectivity index (χ4v) is 2.80. The predicted octanol–water partition coefficient (Wildman–Crippen LogP) is 3.42. The molecule has 0 bridgehead atoms. The third-order valence-electron chi connectivity index (χ3n) is 4.64. The summed E-state index contributed by atoms with van der Waals surface area (Å²) in [4.78, 5) is 2.62. The average molecular weight is 287 g/mol. The lowest BCUT2D eigenvalue weighted by atomic mass is 9.91. The molecule has 0 aromatic rings. The van der Waals surface area contributed by atoms with Crippen molar-refractivity contribution in [3.05, 3.63) is 0 Å². The van der Waals surface area contributed by atoms with Gasteiger partial charge < -0.3 is 15.3 Å². The Hall–Kier alpha value is -0.120. The standard InChI is InChI=1S/C17H38N2O/c1-6-10-13-19(16(5)7-2)14-11-12-17(8-3,15-20)18-9-4/h16,18,20H,6-15H2,1-5H3. The third kappa shape index (κ3) is 7.05. The molecule has 0 aromatic carbocycles. The Labute approximate surface area is 127 Å². The van der Waals surface area contributed by atoms with Crippen molar-refractivity contribution in [1.29, 1.82) is 0 Å². The summed E-state index contributed by atoms with van der Waals surface area (Å²) in [6.45, 7) is 14.7. The quantitative estimate of drug-likeness (QED) is 0.544. The summed E-state index contributed by atoms with van der Waals surface area (Å²) in [6, 6.07) is 0.672. The number of nitrogens with zero attached hydrogens (tertiary/aromatic N) is 1. The predicted molar refractivity (Wildman–Crippen MR) is 89.3 cm³/mol. The van der Waals surface area contributed by atoms with Crippen LogP contribution in [0.4, 0.5) is 0 Å². The molecule has 0 aliphatic rings. The van der Waals surface area contributed by atoms with Crippen molar-refractivity contribution in [3.63, 3.8) is 0 Å². The largest absolute Gasteiger partial charge is 0.394 e. The van der Waals surface area contributed by atoms with E-state index in [1.807, 2.05) is 0 Å². The van der Waals surface area contributed by atoms with E-state index >= 15 is 0 Å². The first-order valence-electron chi connectivity index (χ1n) is 8.69. The fraction of sp³-hybridized carbons (Fsp3) is 1.00. The Morgan fingerprint density at radius 2 is 1.75 bits per heavy atom. The van der Waals surface area contributed by atoms with Gasteiger partial charge in [0.05, 0.1) is 6.61 Å². The van der Waals surface area contributed by atoms with E-state index in [1.165, 1.54) is 25.8 Å². The summed E-state index contributed by atoms with van der Waals surface area (Å²) >= 11 is 0. The molecule has 0 aromatic heterocycles. The maximum Gasteiger partial charge on any atom is 0.0613 e. The number of aliphatic hydroxyl groups excluding tert-OH is 1. The van der Waals surface area contributed by atoms with Gasteiger partial charge >= 0.3 is 0 Å². The molecule has 0 aliphatic carbocycles. The number of hydrogen-bond donors (Lipinski definition) is 2. The number of hydrogen-bond acceptors (Lipinski definition) is 3. The van der Waals surface area contributed by atoms with E-state index in [0.717, 1.165) is 32.4 Å². The molecule has 0 rings (SSSR count). The van der Waals surface area contributed by atoms with Gasteiger partial charge in [-0.15, -0.1) is 0 Å². The highest BCUT2D eigenvalue weighted by atomic mass is 16.3. The van der Waals surface area contributed by atoms with Gasteiger partial charge in [0.2, 0.25) is 0 Å². The van der Waals surface area contributed by atoms with Gasteiger partial charge in [0, 0.05) is 11.6 Å². The van der Waals surface area contributed by atoms with Crippen molar-refractivity contribution in [3.8, 4) is 0 Å². The molecule has 2 atom stereocenters. The van der Waals surface area contributed by atoms with Crippen molar-refractivity contribution in [1.82, 2.24) is 10.2 Å². The van der Waals surface area contributed by atoms with Crippen LogP contribution in [0.3, 0.4) is 0 Å². The molecule has 0 aliphatic heterocycles. The second-order valence-electron chi connectivity index (χ2n) is 6.07. The van der Waals surface area contributed by atoms with E-state index in [-0.39, 0.29) is 12.1 Å². The number of unbranched alkanes of at least 4 members (excludes halogenated alkanes) is 1. The van der Waals surface area contributed by atoms with Gasteiger partial charge in [-0.1, -0.05) is 34.1 Å². The molecule has 2 N–H and O–H groups in total. The van der Waals surface area contributed by atoms with E-state index in [2.05, 4.69) is 44.8 Å². The summed E-state index contributed by atoms with van der Waals surface area (Å²) in [5, 5.41) is 13.2. The van der Waals surface area contributed by atoms with Crippen LogP contribution >= 0.6 is 0 Å². The van der Waals surface area contributed by atoms with Crippen LogP contribution in [-0.4, -0.2) is 47.8 Å². The van der Waals surface area contributed by atoms with E-state index in [1.54, 1.807) is 0 Å². The summed E-state index contributed by atoms with van der Waals surface area (Å²) in [5.74, 6) is 0. The molecule has 122 valence electrons. The smallest absolute Gasteiger partial charge is 0.0613 e. The van der Waals surface area contributed by atoms with Crippen LogP contribution < -0.4 is 5.32 Å². The number of aliphatic hydroxyl groups is 1.